The van der Waals surface area contributed by atoms with Crippen LogP contribution >= 0.6 is 31.0 Å². The van der Waals surface area contributed by atoms with Gasteiger partial charge >= 0.3 is 13.9 Å². The van der Waals surface area contributed by atoms with Crippen LogP contribution in [-0.4, -0.2) is 107 Å². The highest BCUT2D eigenvalue weighted by atomic mass is 35.5. The zero-order valence-corrected chi connectivity index (χ0v) is 38.2. The van der Waals surface area contributed by atoms with Crippen molar-refractivity contribution < 1.29 is 52.4 Å². The molecule has 0 aromatic heterocycles. The molecule has 0 unspecified atom stereocenters. The van der Waals surface area contributed by atoms with Crippen molar-refractivity contribution in [3.8, 4) is 5.75 Å². The maximum Gasteiger partial charge on any atom is 0.524 e. The lowest BCUT2D eigenvalue weighted by Crippen LogP contribution is -2.32. The molecule has 3 aliphatic heterocycles. The number of nitrogens with zero attached hydrogens (tertiary/aromatic N) is 4. The molecule has 4 aromatic rings. The van der Waals surface area contributed by atoms with E-state index >= 15 is 0 Å². The summed E-state index contributed by atoms with van der Waals surface area (Å²) in [5, 5.41) is 5.56. The van der Waals surface area contributed by atoms with Crippen LogP contribution in [0.3, 0.4) is 0 Å². The summed E-state index contributed by atoms with van der Waals surface area (Å²) in [6, 6.07) is 17.7. The van der Waals surface area contributed by atoms with E-state index in [1.165, 1.54) is 28.0 Å². The molecule has 0 fully saturated rings. The maximum atomic E-state index is 14.0. The van der Waals surface area contributed by atoms with E-state index in [0.29, 0.717) is 79.6 Å². The van der Waals surface area contributed by atoms with Crippen molar-refractivity contribution >= 4 is 105 Å². The van der Waals surface area contributed by atoms with E-state index < -0.39 is 13.9 Å². The number of halogens is 2. The van der Waals surface area contributed by atoms with Crippen molar-refractivity contribution in [2.45, 2.75) is 63.2 Å². The zero-order chi connectivity index (χ0) is 46.4. The Balaban J connectivity index is 0.942. The molecule has 3 aliphatic rings. The fraction of sp³-hybridized carbons (Fsp3) is 0.391. The number of rotatable bonds is 19. The number of hydrogen-bond acceptors (Lipinski definition) is 9. The molecule has 0 radical (unpaired) electrons. The highest BCUT2D eigenvalue weighted by Crippen LogP contribution is 2.49. The minimum atomic E-state index is -4.93. The Morgan fingerprint density at radius 2 is 1.31 bits per heavy atom. The van der Waals surface area contributed by atoms with E-state index in [9.17, 15) is 43.1 Å². The highest BCUT2D eigenvalue weighted by molar-refractivity contribution is 7.46. The number of fused-ring (bicyclic) bond motifs is 6. The minimum Gasteiger partial charge on any atom is -0.449 e. The van der Waals surface area contributed by atoms with E-state index in [0.717, 1.165) is 21.9 Å². The topological polar surface area (TPSA) is 203 Å². The number of unbranched alkanes of at least 4 members (excludes halogenated alkanes) is 2. The van der Waals surface area contributed by atoms with Gasteiger partial charge in [-0.3, -0.25) is 44.0 Å². The summed E-state index contributed by atoms with van der Waals surface area (Å²) in [5.74, 6) is -1.26. The molecule has 0 spiro atoms. The first kappa shape index (κ1) is 47.5. The average Bonchev–Trinajstić information content (AvgIpc) is 3.96. The number of benzene rings is 4. The van der Waals surface area contributed by atoms with Gasteiger partial charge in [-0.1, -0.05) is 55.0 Å². The van der Waals surface area contributed by atoms with Gasteiger partial charge in [0, 0.05) is 111 Å². The van der Waals surface area contributed by atoms with Crippen LogP contribution in [0, 0.1) is 0 Å². The molecular formula is C46H50Cl2N5O11P. The molecule has 7 rings (SSSR count). The molecular weight excluding hydrogens is 900 g/mol. The quantitative estimate of drug-likeness (QED) is 0.0362. The number of phosphoric ester groups is 1. The summed E-state index contributed by atoms with van der Waals surface area (Å²) in [5.41, 5.74) is 3.14. The smallest absolute Gasteiger partial charge is 0.449 e. The van der Waals surface area contributed by atoms with Crippen LogP contribution in [0.15, 0.2) is 72.8 Å². The highest BCUT2D eigenvalue weighted by Gasteiger charge is 2.37. The molecule has 0 bridgehead atoms. The summed E-state index contributed by atoms with van der Waals surface area (Å²) in [6.07, 6.45) is 4.67. The lowest BCUT2D eigenvalue weighted by atomic mass is 9.95. The molecule has 344 valence electrons. The van der Waals surface area contributed by atoms with E-state index in [-0.39, 0.29) is 91.3 Å². The Labute approximate surface area is 385 Å². The largest absolute Gasteiger partial charge is 0.524 e. The average molecular weight is 951 g/mol. The second-order valence-electron chi connectivity index (χ2n) is 16.3. The third-order valence-corrected chi connectivity index (χ3v) is 13.2. The molecule has 0 saturated carbocycles. The van der Waals surface area contributed by atoms with Gasteiger partial charge in [-0.25, -0.2) is 9.36 Å². The molecule has 19 heteroatoms. The van der Waals surface area contributed by atoms with Crippen LogP contribution in [0.5, 0.6) is 5.75 Å². The number of nitrogens with one attached hydrogen (secondary N) is 1. The zero-order valence-electron chi connectivity index (χ0n) is 35.8. The van der Waals surface area contributed by atoms with Crippen molar-refractivity contribution in [3.05, 3.63) is 83.9 Å². The predicted molar refractivity (Wildman–Crippen MR) is 248 cm³/mol. The lowest BCUT2D eigenvalue weighted by Gasteiger charge is -2.21. The molecule has 0 aliphatic carbocycles. The van der Waals surface area contributed by atoms with Crippen LogP contribution in [0.1, 0.15) is 74.3 Å². The molecule has 3 heterocycles. The number of carbonyl (C=O) groups excluding carboxylic acids is 6. The summed E-state index contributed by atoms with van der Waals surface area (Å²) in [4.78, 5) is 102. The Bertz CT molecular complexity index is 2590. The van der Waals surface area contributed by atoms with E-state index in [1.54, 1.807) is 47.2 Å². The fourth-order valence-corrected chi connectivity index (χ4v) is 9.76. The second-order valence-corrected chi connectivity index (χ2v) is 18.1. The van der Waals surface area contributed by atoms with Crippen molar-refractivity contribution in [1.29, 1.82) is 0 Å². The standard InChI is InChI=1S/C46H50Cl2N5O11P/c1-50(39(54)15-3-2-8-21-51-42(57)18-19-43(51)58)20-10-22-63-46(59)49-35-23-36-44(33-13-6-4-11-31(33)35)29(25-47)27-52(36)40(55)16-9-17-41(56)53-28-30(26-48)45-34-14-7-5-12-32(34)38(24-37(45)53)64-65(60,61)62/h4-7,11-14,18-19,23-24,29-30H,2-3,8-10,15-17,20-22,25-28H2,1H3,(H,49,59)(H2,60,61,62)/t29-,30-/m1/s1. The number of anilines is 3. The van der Waals surface area contributed by atoms with Crippen molar-refractivity contribution in [2.75, 3.05) is 66.7 Å². The summed E-state index contributed by atoms with van der Waals surface area (Å²) < 4.78 is 22.4. The fourth-order valence-electron chi connectivity index (χ4n) is 8.85. The molecule has 2 atom stereocenters. The number of alkyl halides is 2. The van der Waals surface area contributed by atoms with E-state index in [1.807, 2.05) is 24.3 Å². The van der Waals surface area contributed by atoms with Crippen molar-refractivity contribution in [1.82, 2.24) is 9.80 Å². The van der Waals surface area contributed by atoms with E-state index in [4.69, 9.17) is 32.5 Å². The van der Waals surface area contributed by atoms with Crippen LogP contribution < -0.4 is 19.6 Å². The van der Waals surface area contributed by atoms with Gasteiger partial charge in [0.05, 0.1) is 18.0 Å². The van der Waals surface area contributed by atoms with E-state index in [2.05, 4.69) is 5.32 Å². The molecule has 65 heavy (non-hydrogen) atoms. The summed E-state index contributed by atoms with van der Waals surface area (Å²) >= 11 is 12.9. The number of hydrogen-bond donors (Lipinski definition) is 3. The van der Waals surface area contributed by atoms with Crippen molar-refractivity contribution in [3.63, 3.8) is 0 Å². The van der Waals surface area contributed by atoms with Gasteiger partial charge in [-0.05, 0) is 53.6 Å². The van der Waals surface area contributed by atoms with Gasteiger partial charge in [-0.2, -0.15) is 0 Å². The van der Waals surface area contributed by atoms with Crippen LogP contribution in [0.2, 0.25) is 0 Å². The number of ether oxygens (including phenoxy) is 1. The van der Waals surface area contributed by atoms with Crippen LogP contribution in [-0.2, 0) is 33.3 Å². The van der Waals surface area contributed by atoms with Crippen LogP contribution in [0.4, 0.5) is 21.9 Å². The third kappa shape index (κ3) is 10.8. The Morgan fingerprint density at radius 3 is 1.89 bits per heavy atom. The van der Waals surface area contributed by atoms with Crippen LogP contribution in [0.25, 0.3) is 21.5 Å². The summed E-state index contributed by atoms with van der Waals surface area (Å²) in [6.45, 7) is 1.29. The van der Waals surface area contributed by atoms with Gasteiger partial charge in [0.1, 0.15) is 5.75 Å². The summed E-state index contributed by atoms with van der Waals surface area (Å²) in [7, 11) is -3.25. The van der Waals surface area contributed by atoms with Gasteiger partial charge in [0.15, 0.2) is 0 Å². The number of imide groups is 1. The minimum absolute atomic E-state index is 0.00691. The Hall–Kier alpha value is -5.51. The lowest BCUT2D eigenvalue weighted by molar-refractivity contribution is -0.137. The first-order valence-corrected chi connectivity index (χ1v) is 24.1. The SMILES string of the molecule is CN(CCCOC(=O)Nc1cc2c(c3ccccc13)[C@H](CCl)CN2C(=O)CCCC(=O)N1C[C@@H](CCl)c2c1cc(OP(=O)(O)O)c1ccccc21)C(=O)CCCCCN1C(=O)C=CC1=O. The molecule has 0 saturated heterocycles. The monoisotopic (exact) mass is 949 g/mol. The molecule has 4 aromatic carbocycles. The maximum absolute atomic E-state index is 14.0. The molecule has 3 N–H and O–H groups in total. The van der Waals surface area contributed by atoms with Gasteiger partial charge in [0.25, 0.3) is 11.8 Å². The van der Waals surface area contributed by atoms with Gasteiger partial charge in [0.2, 0.25) is 17.7 Å². The Kier molecular flexibility index (Phi) is 15.2. The molecule has 6 amide bonds. The predicted octanol–water partition coefficient (Wildman–Crippen LogP) is 7.56. The van der Waals surface area contributed by atoms with Gasteiger partial charge in [-0.15, -0.1) is 23.2 Å². The number of carbonyl (C=O) groups is 6. The normalized spacial score (nSPS) is 16.7. The Morgan fingerprint density at radius 1 is 0.754 bits per heavy atom. The van der Waals surface area contributed by atoms with Gasteiger partial charge < -0.3 is 24.0 Å². The number of amides is 6. The second kappa shape index (κ2) is 20.8. The van der Waals surface area contributed by atoms with Crippen molar-refractivity contribution in [2.24, 2.45) is 0 Å². The third-order valence-electron chi connectivity index (χ3n) is 12.0. The molecule has 16 nitrogen and oxygen atoms in total. The first-order chi connectivity index (χ1) is 31.2. The number of phosphoric acid groups is 1. The first-order valence-electron chi connectivity index (χ1n) is 21.5.